The van der Waals surface area contributed by atoms with Crippen molar-refractivity contribution in [1.29, 1.82) is 0 Å². The molecule has 0 saturated carbocycles. The standard InChI is InChI=1S/C14H23N3O2/c1-4-19-9-10(2)16-14(18)17-13-7-5-6-12(8-13)11(3)15/h5-8,10-11H,4,9,15H2,1-3H3,(H2,16,17,18). The Hall–Kier alpha value is -1.59. The summed E-state index contributed by atoms with van der Waals surface area (Å²) in [7, 11) is 0. The predicted molar refractivity (Wildman–Crippen MR) is 77.2 cm³/mol. The second kappa shape index (κ2) is 7.76. The third-order valence-corrected chi connectivity index (χ3v) is 2.62. The topological polar surface area (TPSA) is 76.4 Å². The first-order valence-corrected chi connectivity index (χ1v) is 6.53. The van der Waals surface area contributed by atoms with Crippen molar-refractivity contribution in [3.63, 3.8) is 0 Å². The number of nitrogens with two attached hydrogens (primary N) is 1. The SMILES string of the molecule is CCOCC(C)NC(=O)Nc1cccc(C(C)N)c1. The van der Waals surface area contributed by atoms with Crippen LogP contribution in [0.3, 0.4) is 0 Å². The third-order valence-electron chi connectivity index (χ3n) is 2.62. The van der Waals surface area contributed by atoms with Gasteiger partial charge in [0.15, 0.2) is 0 Å². The second-order valence-electron chi connectivity index (χ2n) is 4.57. The minimum Gasteiger partial charge on any atom is -0.380 e. The highest BCUT2D eigenvalue weighted by Gasteiger charge is 2.08. The molecule has 0 radical (unpaired) electrons. The smallest absolute Gasteiger partial charge is 0.319 e. The zero-order chi connectivity index (χ0) is 14.3. The van der Waals surface area contributed by atoms with E-state index in [1.807, 2.05) is 45.0 Å². The molecule has 0 spiro atoms. The molecule has 2 unspecified atom stereocenters. The molecule has 0 saturated heterocycles. The summed E-state index contributed by atoms with van der Waals surface area (Å²) in [6.45, 7) is 6.87. The zero-order valence-corrected chi connectivity index (χ0v) is 11.8. The number of amides is 2. The molecule has 106 valence electrons. The lowest BCUT2D eigenvalue weighted by molar-refractivity contribution is 0.129. The van der Waals surface area contributed by atoms with E-state index in [1.165, 1.54) is 0 Å². The molecule has 0 aliphatic carbocycles. The van der Waals surface area contributed by atoms with Crippen molar-refractivity contribution in [1.82, 2.24) is 5.32 Å². The highest BCUT2D eigenvalue weighted by atomic mass is 16.5. The molecule has 1 aromatic rings. The van der Waals surface area contributed by atoms with Crippen LogP contribution in [0.1, 0.15) is 32.4 Å². The van der Waals surface area contributed by atoms with Crippen LogP contribution in [0.25, 0.3) is 0 Å². The summed E-state index contributed by atoms with van der Waals surface area (Å²) in [5, 5.41) is 5.59. The Labute approximate surface area is 114 Å². The molecule has 0 fully saturated rings. The van der Waals surface area contributed by atoms with E-state index >= 15 is 0 Å². The summed E-state index contributed by atoms with van der Waals surface area (Å²) in [6, 6.07) is 7.19. The van der Waals surface area contributed by atoms with Crippen LogP contribution in [0.5, 0.6) is 0 Å². The molecule has 0 aliphatic rings. The van der Waals surface area contributed by atoms with Crippen molar-refractivity contribution in [3.8, 4) is 0 Å². The summed E-state index contributed by atoms with van der Waals surface area (Å²) < 4.78 is 5.24. The van der Waals surface area contributed by atoms with Crippen molar-refractivity contribution in [2.45, 2.75) is 32.9 Å². The van der Waals surface area contributed by atoms with Crippen molar-refractivity contribution in [3.05, 3.63) is 29.8 Å². The van der Waals surface area contributed by atoms with E-state index in [4.69, 9.17) is 10.5 Å². The van der Waals surface area contributed by atoms with Gasteiger partial charge in [0.25, 0.3) is 0 Å². The van der Waals surface area contributed by atoms with Gasteiger partial charge in [-0.15, -0.1) is 0 Å². The maximum atomic E-state index is 11.8. The van der Waals surface area contributed by atoms with Gasteiger partial charge in [0.1, 0.15) is 0 Å². The fourth-order valence-electron chi connectivity index (χ4n) is 1.63. The quantitative estimate of drug-likeness (QED) is 0.738. The van der Waals surface area contributed by atoms with E-state index in [1.54, 1.807) is 0 Å². The van der Waals surface area contributed by atoms with Crippen LogP contribution in [0.15, 0.2) is 24.3 Å². The summed E-state index contributed by atoms with van der Waals surface area (Å²) in [5.74, 6) is 0. The summed E-state index contributed by atoms with van der Waals surface area (Å²) in [6.07, 6.45) is 0. The number of carbonyl (C=O) groups is 1. The first kappa shape index (κ1) is 15.5. The first-order chi connectivity index (χ1) is 9.02. The van der Waals surface area contributed by atoms with E-state index in [0.717, 1.165) is 11.3 Å². The number of carbonyl (C=O) groups excluding carboxylic acids is 1. The lowest BCUT2D eigenvalue weighted by Gasteiger charge is -2.15. The van der Waals surface area contributed by atoms with E-state index < -0.39 is 0 Å². The number of nitrogens with one attached hydrogen (secondary N) is 2. The molecular weight excluding hydrogens is 242 g/mol. The molecule has 0 aromatic heterocycles. The highest BCUT2D eigenvalue weighted by molar-refractivity contribution is 5.89. The number of anilines is 1. The summed E-state index contributed by atoms with van der Waals surface area (Å²) >= 11 is 0. The molecule has 0 bridgehead atoms. The Bertz CT molecular complexity index is 407. The van der Waals surface area contributed by atoms with Gasteiger partial charge in [-0.05, 0) is 38.5 Å². The van der Waals surface area contributed by atoms with Crippen molar-refractivity contribution < 1.29 is 9.53 Å². The average molecular weight is 265 g/mol. The molecule has 5 heteroatoms. The molecule has 1 aromatic carbocycles. The number of urea groups is 1. The minimum atomic E-state index is -0.242. The molecule has 1 rings (SSSR count). The molecule has 0 aliphatic heterocycles. The van der Waals surface area contributed by atoms with Gasteiger partial charge in [0.05, 0.1) is 12.6 Å². The number of hydrogen-bond donors (Lipinski definition) is 3. The first-order valence-electron chi connectivity index (χ1n) is 6.53. The minimum absolute atomic E-state index is 0.0310. The molecule has 4 N–H and O–H groups in total. The molecule has 5 nitrogen and oxygen atoms in total. The van der Waals surface area contributed by atoms with Crippen LogP contribution in [-0.4, -0.2) is 25.3 Å². The lowest BCUT2D eigenvalue weighted by Crippen LogP contribution is -2.38. The summed E-state index contributed by atoms with van der Waals surface area (Å²) in [4.78, 5) is 11.8. The molecule has 2 atom stereocenters. The van der Waals surface area contributed by atoms with Crippen LogP contribution in [0, 0.1) is 0 Å². The Morgan fingerprint density at radius 1 is 1.42 bits per heavy atom. The third kappa shape index (κ3) is 5.72. The maximum absolute atomic E-state index is 11.8. The van der Waals surface area contributed by atoms with Gasteiger partial charge in [0.2, 0.25) is 0 Å². The summed E-state index contributed by atoms with van der Waals surface area (Å²) in [5.41, 5.74) is 7.52. The lowest BCUT2D eigenvalue weighted by atomic mass is 10.1. The average Bonchev–Trinajstić information content (AvgIpc) is 2.36. The fraction of sp³-hybridized carbons (Fsp3) is 0.500. The van der Waals surface area contributed by atoms with E-state index in [-0.39, 0.29) is 18.1 Å². The molecule has 0 heterocycles. The number of rotatable bonds is 6. The van der Waals surface area contributed by atoms with Crippen LogP contribution in [-0.2, 0) is 4.74 Å². The number of hydrogen-bond acceptors (Lipinski definition) is 3. The molecule has 19 heavy (non-hydrogen) atoms. The van der Waals surface area contributed by atoms with E-state index in [0.29, 0.717) is 13.2 Å². The zero-order valence-electron chi connectivity index (χ0n) is 11.8. The van der Waals surface area contributed by atoms with Gasteiger partial charge >= 0.3 is 6.03 Å². The predicted octanol–water partition coefficient (Wildman–Crippen LogP) is 2.25. The second-order valence-corrected chi connectivity index (χ2v) is 4.57. The fourth-order valence-corrected chi connectivity index (χ4v) is 1.63. The monoisotopic (exact) mass is 265 g/mol. The molecule has 2 amide bonds. The van der Waals surface area contributed by atoms with E-state index in [9.17, 15) is 4.79 Å². The normalized spacial score (nSPS) is 13.7. The van der Waals surface area contributed by atoms with Crippen molar-refractivity contribution in [2.75, 3.05) is 18.5 Å². The number of ether oxygens (including phenoxy) is 1. The van der Waals surface area contributed by atoms with Crippen LogP contribution < -0.4 is 16.4 Å². The largest absolute Gasteiger partial charge is 0.380 e. The van der Waals surface area contributed by atoms with Crippen molar-refractivity contribution in [2.24, 2.45) is 5.73 Å². The van der Waals surface area contributed by atoms with Gasteiger partial charge in [-0.3, -0.25) is 0 Å². The maximum Gasteiger partial charge on any atom is 0.319 e. The van der Waals surface area contributed by atoms with Gasteiger partial charge in [-0.1, -0.05) is 12.1 Å². The van der Waals surface area contributed by atoms with Crippen molar-refractivity contribution >= 4 is 11.7 Å². The Kier molecular flexibility index (Phi) is 6.32. The van der Waals surface area contributed by atoms with Gasteiger partial charge < -0.3 is 21.1 Å². The Morgan fingerprint density at radius 2 is 2.16 bits per heavy atom. The van der Waals surface area contributed by atoms with Crippen LogP contribution in [0.4, 0.5) is 10.5 Å². The van der Waals surface area contributed by atoms with Gasteiger partial charge in [0, 0.05) is 18.3 Å². The Balaban J connectivity index is 2.50. The number of benzene rings is 1. The Morgan fingerprint density at radius 3 is 2.79 bits per heavy atom. The highest BCUT2D eigenvalue weighted by Crippen LogP contribution is 2.15. The van der Waals surface area contributed by atoms with Gasteiger partial charge in [-0.25, -0.2) is 4.79 Å². The van der Waals surface area contributed by atoms with Crippen LogP contribution in [0.2, 0.25) is 0 Å². The van der Waals surface area contributed by atoms with Gasteiger partial charge in [-0.2, -0.15) is 0 Å². The van der Waals surface area contributed by atoms with E-state index in [2.05, 4.69) is 10.6 Å². The molecular formula is C14H23N3O2. The van der Waals surface area contributed by atoms with Crippen LogP contribution >= 0.6 is 0 Å².